The Morgan fingerprint density at radius 3 is 2.74 bits per heavy atom. The number of aryl methyl sites for hydroxylation is 2. The van der Waals surface area contributed by atoms with Crippen molar-refractivity contribution < 1.29 is 0 Å². The average molecular weight is 275 g/mol. The van der Waals surface area contributed by atoms with Crippen LogP contribution in [0.4, 0.5) is 0 Å². The minimum absolute atomic E-state index is 0.125. The van der Waals surface area contributed by atoms with Gasteiger partial charge in [-0.2, -0.15) is 0 Å². The number of benzene rings is 1. The first kappa shape index (κ1) is 14.0. The Kier molecular flexibility index (Phi) is 4.94. The first-order valence-electron chi connectivity index (χ1n) is 6.55. The van der Waals surface area contributed by atoms with Gasteiger partial charge in [0.2, 0.25) is 0 Å². The van der Waals surface area contributed by atoms with E-state index in [0.717, 1.165) is 24.8 Å². The molecular weight excluding hydrogens is 256 g/mol. The zero-order valence-electron chi connectivity index (χ0n) is 11.1. The maximum Gasteiger partial charge on any atom is 0.0621 e. The standard InChI is InChI=1S/C16H19ClN2/c1-12-4-2-3-5-13(12)6-7-15(18)10-14-8-9-19-11-16(14)17/h2-5,8-9,11,15H,6-7,10,18H2,1H3. The minimum atomic E-state index is 0.125. The second kappa shape index (κ2) is 6.69. The Hall–Kier alpha value is -1.38. The van der Waals surface area contributed by atoms with Crippen LogP contribution in [0.3, 0.4) is 0 Å². The van der Waals surface area contributed by atoms with Crippen LogP contribution in [0.5, 0.6) is 0 Å². The maximum absolute atomic E-state index is 6.19. The van der Waals surface area contributed by atoms with E-state index in [1.165, 1.54) is 11.1 Å². The van der Waals surface area contributed by atoms with Crippen LogP contribution in [0.1, 0.15) is 23.1 Å². The number of aromatic nitrogens is 1. The van der Waals surface area contributed by atoms with Crippen LogP contribution >= 0.6 is 11.6 Å². The summed E-state index contributed by atoms with van der Waals surface area (Å²) in [6.45, 7) is 2.14. The molecule has 1 heterocycles. The number of hydrogen-bond acceptors (Lipinski definition) is 2. The maximum atomic E-state index is 6.19. The normalized spacial score (nSPS) is 12.4. The molecule has 2 N–H and O–H groups in total. The Balaban J connectivity index is 1.90. The summed E-state index contributed by atoms with van der Waals surface area (Å²) >= 11 is 6.09. The van der Waals surface area contributed by atoms with Gasteiger partial charge in [-0.15, -0.1) is 0 Å². The highest BCUT2D eigenvalue weighted by molar-refractivity contribution is 6.31. The molecule has 1 aromatic carbocycles. The largest absolute Gasteiger partial charge is 0.327 e. The summed E-state index contributed by atoms with van der Waals surface area (Å²) in [4.78, 5) is 3.98. The van der Waals surface area contributed by atoms with Gasteiger partial charge in [0.05, 0.1) is 5.02 Å². The number of rotatable bonds is 5. The highest BCUT2D eigenvalue weighted by Crippen LogP contribution is 2.17. The van der Waals surface area contributed by atoms with Gasteiger partial charge >= 0.3 is 0 Å². The van der Waals surface area contributed by atoms with Crippen LogP contribution in [0.15, 0.2) is 42.7 Å². The fraction of sp³-hybridized carbons (Fsp3) is 0.312. The van der Waals surface area contributed by atoms with E-state index in [4.69, 9.17) is 17.3 Å². The van der Waals surface area contributed by atoms with Crippen molar-refractivity contribution in [1.82, 2.24) is 4.98 Å². The lowest BCUT2D eigenvalue weighted by Crippen LogP contribution is -2.23. The topological polar surface area (TPSA) is 38.9 Å². The van der Waals surface area contributed by atoms with Crippen LogP contribution < -0.4 is 5.73 Å². The zero-order chi connectivity index (χ0) is 13.7. The summed E-state index contributed by atoms with van der Waals surface area (Å²) in [5, 5.41) is 0.703. The number of pyridine rings is 1. The number of nitrogens with two attached hydrogens (primary N) is 1. The summed E-state index contributed by atoms with van der Waals surface area (Å²) in [5.74, 6) is 0. The predicted molar refractivity (Wildman–Crippen MR) is 80.4 cm³/mol. The SMILES string of the molecule is Cc1ccccc1CCC(N)Cc1ccncc1Cl. The molecule has 0 bridgehead atoms. The van der Waals surface area contributed by atoms with Crippen molar-refractivity contribution in [3.05, 3.63) is 64.4 Å². The lowest BCUT2D eigenvalue weighted by Gasteiger charge is -2.13. The molecule has 19 heavy (non-hydrogen) atoms. The van der Waals surface area contributed by atoms with E-state index in [2.05, 4.69) is 36.2 Å². The molecule has 0 saturated heterocycles. The Morgan fingerprint density at radius 1 is 1.21 bits per heavy atom. The van der Waals surface area contributed by atoms with Gasteiger partial charge in [0.1, 0.15) is 0 Å². The van der Waals surface area contributed by atoms with E-state index in [-0.39, 0.29) is 6.04 Å². The second-order valence-corrected chi connectivity index (χ2v) is 5.30. The summed E-state index contributed by atoms with van der Waals surface area (Å²) in [6, 6.07) is 10.5. The molecule has 0 radical (unpaired) electrons. The van der Waals surface area contributed by atoms with Gasteiger partial charge in [-0.3, -0.25) is 4.98 Å². The van der Waals surface area contributed by atoms with E-state index in [0.29, 0.717) is 5.02 Å². The highest BCUT2D eigenvalue weighted by Gasteiger charge is 2.08. The molecule has 0 aliphatic rings. The summed E-state index contributed by atoms with van der Waals surface area (Å²) in [6.07, 6.45) is 6.20. The predicted octanol–water partition coefficient (Wildman–Crippen LogP) is 3.55. The van der Waals surface area contributed by atoms with E-state index in [1.54, 1.807) is 12.4 Å². The summed E-state index contributed by atoms with van der Waals surface area (Å²) in [7, 11) is 0. The minimum Gasteiger partial charge on any atom is -0.327 e. The third kappa shape index (κ3) is 4.05. The van der Waals surface area contributed by atoms with Crippen LogP contribution in [0, 0.1) is 6.92 Å². The third-order valence-electron chi connectivity index (χ3n) is 3.38. The van der Waals surface area contributed by atoms with Crippen LogP contribution in [-0.2, 0) is 12.8 Å². The average Bonchev–Trinajstić information content (AvgIpc) is 2.40. The lowest BCUT2D eigenvalue weighted by atomic mass is 9.98. The van der Waals surface area contributed by atoms with Crippen molar-refractivity contribution in [3.63, 3.8) is 0 Å². The molecule has 1 atom stereocenters. The molecule has 2 rings (SSSR count). The third-order valence-corrected chi connectivity index (χ3v) is 3.72. The monoisotopic (exact) mass is 274 g/mol. The van der Waals surface area contributed by atoms with Gasteiger partial charge in [-0.05, 0) is 48.9 Å². The van der Waals surface area contributed by atoms with Gasteiger partial charge in [0, 0.05) is 18.4 Å². The molecule has 0 fully saturated rings. The molecule has 2 aromatic rings. The quantitative estimate of drug-likeness (QED) is 0.906. The van der Waals surface area contributed by atoms with E-state index >= 15 is 0 Å². The van der Waals surface area contributed by atoms with Crippen molar-refractivity contribution in [2.45, 2.75) is 32.2 Å². The summed E-state index contributed by atoms with van der Waals surface area (Å²) < 4.78 is 0. The smallest absolute Gasteiger partial charge is 0.0621 e. The van der Waals surface area contributed by atoms with Crippen LogP contribution in [0.25, 0.3) is 0 Å². The van der Waals surface area contributed by atoms with Crippen molar-refractivity contribution in [3.8, 4) is 0 Å². The van der Waals surface area contributed by atoms with Gasteiger partial charge in [0.15, 0.2) is 0 Å². The second-order valence-electron chi connectivity index (χ2n) is 4.90. The molecule has 0 spiro atoms. The van der Waals surface area contributed by atoms with E-state index in [1.807, 2.05) is 6.07 Å². The lowest BCUT2D eigenvalue weighted by molar-refractivity contribution is 0.609. The molecular formula is C16H19ClN2. The Bertz CT molecular complexity index is 540. The molecule has 100 valence electrons. The molecule has 1 unspecified atom stereocenters. The van der Waals surface area contributed by atoms with Crippen molar-refractivity contribution in [2.24, 2.45) is 5.73 Å². The Labute approximate surface area is 119 Å². The Morgan fingerprint density at radius 2 is 2.00 bits per heavy atom. The van der Waals surface area contributed by atoms with Crippen LogP contribution in [-0.4, -0.2) is 11.0 Å². The zero-order valence-corrected chi connectivity index (χ0v) is 11.9. The molecule has 2 nitrogen and oxygen atoms in total. The molecule has 0 aliphatic carbocycles. The molecule has 0 aliphatic heterocycles. The van der Waals surface area contributed by atoms with Crippen molar-refractivity contribution in [2.75, 3.05) is 0 Å². The number of nitrogens with zero attached hydrogens (tertiary/aromatic N) is 1. The van der Waals surface area contributed by atoms with Crippen LogP contribution in [0.2, 0.25) is 5.02 Å². The fourth-order valence-electron chi connectivity index (χ4n) is 2.19. The van der Waals surface area contributed by atoms with Gasteiger partial charge in [-0.1, -0.05) is 35.9 Å². The van der Waals surface area contributed by atoms with Gasteiger partial charge in [-0.25, -0.2) is 0 Å². The molecule has 3 heteroatoms. The van der Waals surface area contributed by atoms with Gasteiger partial charge in [0.25, 0.3) is 0 Å². The van der Waals surface area contributed by atoms with E-state index < -0.39 is 0 Å². The molecule has 0 saturated carbocycles. The first-order valence-corrected chi connectivity index (χ1v) is 6.93. The first-order chi connectivity index (χ1) is 9.16. The number of halogens is 1. The van der Waals surface area contributed by atoms with Crippen molar-refractivity contribution in [1.29, 1.82) is 0 Å². The van der Waals surface area contributed by atoms with Crippen molar-refractivity contribution >= 4 is 11.6 Å². The summed E-state index contributed by atoms with van der Waals surface area (Å²) in [5.41, 5.74) is 9.98. The molecule has 1 aromatic heterocycles. The fourth-order valence-corrected chi connectivity index (χ4v) is 2.38. The highest BCUT2D eigenvalue weighted by atomic mass is 35.5. The molecule has 0 amide bonds. The van der Waals surface area contributed by atoms with Gasteiger partial charge < -0.3 is 5.73 Å². The van der Waals surface area contributed by atoms with E-state index in [9.17, 15) is 0 Å². The number of hydrogen-bond donors (Lipinski definition) is 1.